The molecule has 0 unspecified atom stereocenters. The van der Waals surface area contributed by atoms with Crippen LogP contribution in [-0.2, 0) is 6.54 Å². The monoisotopic (exact) mass is 284 g/mol. The summed E-state index contributed by atoms with van der Waals surface area (Å²) in [7, 11) is 0. The molecule has 21 heavy (non-hydrogen) atoms. The van der Waals surface area contributed by atoms with Crippen molar-refractivity contribution in [2.24, 2.45) is 0 Å². The van der Waals surface area contributed by atoms with Gasteiger partial charge in [0.15, 0.2) is 5.82 Å². The molecule has 0 spiro atoms. The Kier molecular flexibility index (Phi) is 3.42. The van der Waals surface area contributed by atoms with Crippen LogP contribution in [0.2, 0.25) is 0 Å². The molecule has 3 aromatic rings. The zero-order chi connectivity index (χ0) is 14.7. The van der Waals surface area contributed by atoms with Gasteiger partial charge in [0.05, 0.1) is 6.54 Å². The van der Waals surface area contributed by atoms with E-state index in [2.05, 4.69) is 30.3 Å². The molecular formula is C13H12N6O2. The van der Waals surface area contributed by atoms with E-state index in [4.69, 9.17) is 0 Å². The van der Waals surface area contributed by atoms with Crippen LogP contribution in [0.25, 0.3) is 5.82 Å². The van der Waals surface area contributed by atoms with Crippen LogP contribution >= 0.6 is 0 Å². The average Bonchev–Trinajstić information content (AvgIpc) is 3.16. The molecule has 0 atom stereocenters. The highest BCUT2D eigenvalue weighted by atomic mass is 16.6. The van der Waals surface area contributed by atoms with Crippen LogP contribution < -0.4 is 5.32 Å². The molecule has 0 aliphatic carbocycles. The number of hydrogen-bond donors (Lipinski definition) is 1. The minimum Gasteiger partial charge on any atom is -0.345 e. The third kappa shape index (κ3) is 2.78. The fourth-order valence-corrected chi connectivity index (χ4v) is 1.75. The maximum Gasteiger partial charge on any atom is 0.270 e. The van der Waals surface area contributed by atoms with Gasteiger partial charge in [0.2, 0.25) is 0 Å². The van der Waals surface area contributed by atoms with E-state index < -0.39 is 0 Å². The summed E-state index contributed by atoms with van der Waals surface area (Å²) < 4.78 is 6.16. The Hall–Kier alpha value is -3.03. The first-order valence-corrected chi connectivity index (χ1v) is 6.27. The standard InChI is InChI=1S/C13H12N6O2/c1-9-11(18-21-17-9)8-14-13(20)10-4-2-5-12(16-10)19-7-3-6-15-19/h2-7H,8H2,1H3,(H,14,20). The van der Waals surface area contributed by atoms with Crippen LogP contribution in [0.3, 0.4) is 0 Å². The Morgan fingerprint density at radius 2 is 2.24 bits per heavy atom. The predicted octanol–water partition coefficient (Wildman–Crippen LogP) is 0.889. The average molecular weight is 284 g/mol. The van der Waals surface area contributed by atoms with Crippen LogP contribution in [0.1, 0.15) is 21.9 Å². The number of aryl methyl sites for hydroxylation is 1. The molecule has 0 fully saturated rings. The largest absolute Gasteiger partial charge is 0.345 e. The van der Waals surface area contributed by atoms with Crippen LogP contribution in [0.4, 0.5) is 0 Å². The van der Waals surface area contributed by atoms with Crippen molar-refractivity contribution in [1.29, 1.82) is 0 Å². The van der Waals surface area contributed by atoms with Crippen molar-refractivity contribution in [2.45, 2.75) is 13.5 Å². The number of hydrogen-bond acceptors (Lipinski definition) is 6. The van der Waals surface area contributed by atoms with Gasteiger partial charge < -0.3 is 5.32 Å². The lowest BCUT2D eigenvalue weighted by Gasteiger charge is -2.05. The first kappa shape index (κ1) is 13.0. The minimum atomic E-state index is -0.300. The molecule has 0 saturated heterocycles. The number of carbonyl (C=O) groups excluding carboxylic acids is 1. The molecule has 8 heteroatoms. The fraction of sp³-hybridized carbons (Fsp3) is 0.154. The first-order chi connectivity index (χ1) is 10.2. The molecule has 0 aromatic carbocycles. The number of pyridine rings is 1. The minimum absolute atomic E-state index is 0.238. The highest BCUT2D eigenvalue weighted by Gasteiger charge is 2.11. The van der Waals surface area contributed by atoms with Crippen molar-refractivity contribution < 1.29 is 9.42 Å². The van der Waals surface area contributed by atoms with Crippen molar-refractivity contribution in [3.63, 3.8) is 0 Å². The lowest BCUT2D eigenvalue weighted by atomic mass is 10.3. The van der Waals surface area contributed by atoms with Crippen LogP contribution in [0, 0.1) is 6.92 Å². The molecule has 0 aliphatic rings. The molecule has 106 valence electrons. The van der Waals surface area contributed by atoms with Gasteiger partial charge in [-0.15, -0.1) is 0 Å². The summed E-state index contributed by atoms with van der Waals surface area (Å²) in [5, 5.41) is 14.2. The Bertz CT molecular complexity index is 750. The number of carbonyl (C=O) groups is 1. The number of amides is 1. The second-order valence-electron chi connectivity index (χ2n) is 4.31. The van der Waals surface area contributed by atoms with Crippen LogP contribution in [-0.4, -0.2) is 31.0 Å². The molecule has 3 aromatic heterocycles. The van der Waals surface area contributed by atoms with Crippen molar-refractivity contribution in [1.82, 2.24) is 30.4 Å². The molecule has 0 aliphatic heterocycles. The van der Waals surface area contributed by atoms with Gasteiger partial charge in [-0.3, -0.25) is 4.79 Å². The SMILES string of the molecule is Cc1nonc1CNC(=O)c1cccc(-n2cccn2)n1. The molecule has 3 heterocycles. The Balaban J connectivity index is 1.73. The number of nitrogens with one attached hydrogen (secondary N) is 1. The summed E-state index contributed by atoms with van der Waals surface area (Å²) in [6.45, 7) is 2.00. The number of rotatable bonds is 4. The summed E-state index contributed by atoms with van der Waals surface area (Å²) >= 11 is 0. The molecule has 8 nitrogen and oxygen atoms in total. The molecule has 1 N–H and O–H groups in total. The van der Waals surface area contributed by atoms with Gasteiger partial charge in [0.1, 0.15) is 17.1 Å². The second kappa shape index (κ2) is 5.53. The quantitative estimate of drug-likeness (QED) is 0.763. The first-order valence-electron chi connectivity index (χ1n) is 6.27. The van der Waals surface area contributed by atoms with Crippen molar-refractivity contribution >= 4 is 5.91 Å². The van der Waals surface area contributed by atoms with Crippen LogP contribution in [0.5, 0.6) is 0 Å². The summed E-state index contributed by atoms with van der Waals surface area (Å²) in [5.74, 6) is 0.276. The molecule has 0 bridgehead atoms. The van der Waals surface area contributed by atoms with Gasteiger partial charge in [-0.2, -0.15) is 5.10 Å². The number of aromatic nitrogens is 5. The second-order valence-corrected chi connectivity index (χ2v) is 4.31. The third-order valence-corrected chi connectivity index (χ3v) is 2.87. The fourth-order valence-electron chi connectivity index (χ4n) is 1.75. The van der Waals surface area contributed by atoms with E-state index in [0.29, 0.717) is 22.9 Å². The number of nitrogens with zero attached hydrogens (tertiary/aromatic N) is 5. The van der Waals surface area contributed by atoms with E-state index in [0.717, 1.165) is 0 Å². The topological polar surface area (TPSA) is 98.7 Å². The summed E-state index contributed by atoms with van der Waals surface area (Å²) in [6.07, 6.45) is 3.41. The Morgan fingerprint density at radius 3 is 2.95 bits per heavy atom. The van der Waals surface area contributed by atoms with E-state index in [-0.39, 0.29) is 12.5 Å². The van der Waals surface area contributed by atoms with Crippen molar-refractivity contribution in [3.05, 3.63) is 53.7 Å². The third-order valence-electron chi connectivity index (χ3n) is 2.87. The summed E-state index contributed by atoms with van der Waals surface area (Å²) in [5.41, 5.74) is 1.54. The van der Waals surface area contributed by atoms with E-state index in [1.807, 2.05) is 0 Å². The lowest BCUT2D eigenvalue weighted by molar-refractivity contribution is 0.0945. The Morgan fingerprint density at radius 1 is 1.33 bits per heavy atom. The molecule has 0 radical (unpaired) electrons. The van der Waals surface area contributed by atoms with Crippen molar-refractivity contribution in [3.8, 4) is 5.82 Å². The van der Waals surface area contributed by atoms with Gasteiger partial charge in [0, 0.05) is 12.4 Å². The van der Waals surface area contributed by atoms with Crippen molar-refractivity contribution in [2.75, 3.05) is 0 Å². The lowest BCUT2D eigenvalue weighted by Crippen LogP contribution is -2.24. The molecular weight excluding hydrogens is 272 g/mol. The van der Waals surface area contributed by atoms with Gasteiger partial charge in [-0.25, -0.2) is 14.3 Å². The molecule has 0 saturated carbocycles. The van der Waals surface area contributed by atoms with Gasteiger partial charge in [0.25, 0.3) is 5.91 Å². The zero-order valence-corrected chi connectivity index (χ0v) is 11.2. The van der Waals surface area contributed by atoms with E-state index in [1.54, 1.807) is 48.3 Å². The van der Waals surface area contributed by atoms with Gasteiger partial charge in [-0.1, -0.05) is 16.4 Å². The van der Waals surface area contributed by atoms with Gasteiger partial charge >= 0.3 is 0 Å². The van der Waals surface area contributed by atoms with E-state index in [9.17, 15) is 4.79 Å². The van der Waals surface area contributed by atoms with E-state index in [1.165, 1.54) is 0 Å². The van der Waals surface area contributed by atoms with Gasteiger partial charge in [-0.05, 0) is 25.1 Å². The summed E-state index contributed by atoms with van der Waals surface area (Å²) in [6, 6.07) is 6.95. The molecule has 3 rings (SSSR count). The predicted molar refractivity (Wildman–Crippen MR) is 71.6 cm³/mol. The highest BCUT2D eigenvalue weighted by Crippen LogP contribution is 2.05. The van der Waals surface area contributed by atoms with Crippen LogP contribution in [0.15, 0.2) is 41.3 Å². The maximum absolute atomic E-state index is 12.1. The maximum atomic E-state index is 12.1. The highest BCUT2D eigenvalue weighted by molar-refractivity contribution is 5.92. The normalized spacial score (nSPS) is 10.5. The Labute approximate surface area is 119 Å². The zero-order valence-electron chi connectivity index (χ0n) is 11.2. The van der Waals surface area contributed by atoms with E-state index >= 15 is 0 Å². The molecule has 1 amide bonds. The summed E-state index contributed by atoms with van der Waals surface area (Å²) in [4.78, 5) is 16.4. The smallest absolute Gasteiger partial charge is 0.270 e.